The van der Waals surface area contributed by atoms with Gasteiger partial charge in [-0.25, -0.2) is 0 Å². The molecule has 0 spiro atoms. The smallest absolute Gasteiger partial charge is 0.0590 e. The molecule has 0 amide bonds. The van der Waals surface area contributed by atoms with Gasteiger partial charge in [0.2, 0.25) is 0 Å². The summed E-state index contributed by atoms with van der Waals surface area (Å²) in [5, 5.41) is 9.91. The Kier molecular flexibility index (Phi) is 5.49. The second-order valence-corrected chi connectivity index (χ2v) is 4.87. The van der Waals surface area contributed by atoms with Crippen molar-refractivity contribution in [1.29, 1.82) is 0 Å². The highest BCUT2D eigenvalue weighted by atomic mass is 16.5. The average Bonchev–Trinajstić information content (AvgIpc) is 2.18. The molecule has 1 heterocycles. The van der Waals surface area contributed by atoms with Gasteiger partial charge in [-0.1, -0.05) is 26.7 Å². The number of hydrogen-bond donors (Lipinski definition) is 1. The Labute approximate surface area is 87.7 Å². The van der Waals surface area contributed by atoms with Gasteiger partial charge in [-0.05, 0) is 25.2 Å². The van der Waals surface area contributed by atoms with Crippen LogP contribution in [0.4, 0.5) is 0 Å². The summed E-state index contributed by atoms with van der Waals surface area (Å²) in [6, 6.07) is 0. The lowest BCUT2D eigenvalue weighted by atomic mass is 9.91. The fraction of sp³-hybridized carbons (Fsp3) is 1.00. The van der Waals surface area contributed by atoms with E-state index in [0.717, 1.165) is 44.8 Å². The van der Waals surface area contributed by atoms with Crippen molar-refractivity contribution in [2.45, 2.75) is 52.1 Å². The Hall–Kier alpha value is -0.0800. The zero-order valence-corrected chi connectivity index (χ0v) is 9.54. The quantitative estimate of drug-likeness (QED) is 0.739. The molecule has 2 nitrogen and oxygen atoms in total. The Balaban J connectivity index is 2.10. The fourth-order valence-electron chi connectivity index (χ4n) is 2.04. The van der Waals surface area contributed by atoms with Crippen LogP contribution < -0.4 is 0 Å². The van der Waals surface area contributed by atoms with E-state index in [0.29, 0.717) is 5.92 Å². The first kappa shape index (κ1) is 12.0. The summed E-state index contributed by atoms with van der Waals surface area (Å²) in [5.41, 5.74) is 0. The maximum Gasteiger partial charge on any atom is 0.0590 e. The molecule has 1 saturated heterocycles. The zero-order chi connectivity index (χ0) is 10.4. The van der Waals surface area contributed by atoms with Crippen LogP contribution in [0.1, 0.15) is 46.0 Å². The molecule has 1 N–H and O–H groups in total. The highest BCUT2D eigenvalue weighted by Crippen LogP contribution is 2.21. The van der Waals surface area contributed by atoms with Crippen molar-refractivity contribution in [1.82, 2.24) is 0 Å². The minimum atomic E-state index is -0.131. The number of ether oxygens (including phenoxy) is 1. The average molecular weight is 200 g/mol. The summed E-state index contributed by atoms with van der Waals surface area (Å²) in [6.45, 7) is 6.12. The highest BCUT2D eigenvalue weighted by Gasteiger charge is 2.21. The molecule has 0 aromatic rings. The molecule has 0 saturated carbocycles. The van der Waals surface area contributed by atoms with Gasteiger partial charge in [-0.3, -0.25) is 0 Å². The third kappa shape index (κ3) is 4.43. The first-order valence-corrected chi connectivity index (χ1v) is 5.96. The first-order chi connectivity index (χ1) is 6.70. The summed E-state index contributed by atoms with van der Waals surface area (Å²) >= 11 is 0. The molecule has 1 aliphatic heterocycles. The zero-order valence-electron chi connectivity index (χ0n) is 9.54. The summed E-state index contributed by atoms with van der Waals surface area (Å²) in [4.78, 5) is 0. The molecular formula is C12H24O2. The van der Waals surface area contributed by atoms with E-state index in [4.69, 9.17) is 4.74 Å². The van der Waals surface area contributed by atoms with Crippen LogP contribution >= 0.6 is 0 Å². The van der Waals surface area contributed by atoms with Gasteiger partial charge < -0.3 is 9.84 Å². The van der Waals surface area contributed by atoms with Crippen LogP contribution in [0.15, 0.2) is 0 Å². The summed E-state index contributed by atoms with van der Waals surface area (Å²) in [5.74, 6) is 1.15. The van der Waals surface area contributed by atoms with Crippen molar-refractivity contribution in [3.63, 3.8) is 0 Å². The highest BCUT2D eigenvalue weighted by molar-refractivity contribution is 4.71. The van der Waals surface area contributed by atoms with E-state index in [1.54, 1.807) is 0 Å². The van der Waals surface area contributed by atoms with Crippen molar-refractivity contribution in [3.05, 3.63) is 0 Å². The van der Waals surface area contributed by atoms with Crippen molar-refractivity contribution < 1.29 is 9.84 Å². The Morgan fingerprint density at radius 3 is 2.71 bits per heavy atom. The van der Waals surface area contributed by atoms with Crippen molar-refractivity contribution in [2.75, 3.05) is 13.2 Å². The van der Waals surface area contributed by atoms with Crippen molar-refractivity contribution in [3.8, 4) is 0 Å². The van der Waals surface area contributed by atoms with Gasteiger partial charge in [0.25, 0.3) is 0 Å². The van der Waals surface area contributed by atoms with E-state index < -0.39 is 0 Å². The second kappa shape index (κ2) is 6.41. The molecule has 1 aliphatic rings. The van der Waals surface area contributed by atoms with Gasteiger partial charge in [0, 0.05) is 12.5 Å². The normalized spacial score (nSPS) is 25.3. The molecule has 1 rings (SSSR count). The Morgan fingerprint density at radius 1 is 1.36 bits per heavy atom. The van der Waals surface area contributed by atoms with Gasteiger partial charge in [-0.15, -0.1) is 0 Å². The molecule has 0 aliphatic carbocycles. The van der Waals surface area contributed by atoms with Crippen LogP contribution in [-0.4, -0.2) is 24.4 Å². The third-order valence-corrected chi connectivity index (χ3v) is 3.02. The van der Waals surface area contributed by atoms with E-state index in [2.05, 4.69) is 13.8 Å². The maximum atomic E-state index is 9.91. The SMILES string of the molecule is CC(C)CCCC(O)C1CCCOC1. The number of rotatable bonds is 5. The maximum absolute atomic E-state index is 9.91. The van der Waals surface area contributed by atoms with E-state index in [9.17, 15) is 5.11 Å². The van der Waals surface area contributed by atoms with Gasteiger partial charge >= 0.3 is 0 Å². The minimum Gasteiger partial charge on any atom is -0.393 e. The molecule has 0 aromatic carbocycles. The van der Waals surface area contributed by atoms with E-state index in [1.165, 1.54) is 6.42 Å². The van der Waals surface area contributed by atoms with Gasteiger partial charge in [-0.2, -0.15) is 0 Å². The lowest BCUT2D eigenvalue weighted by Gasteiger charge is -2.26. The van der Waals surface area contributed by atoms with Crippen LogP contribution in [0, 0.1) is 11.8 Å². The lowest BCUT2D eigenvalue weighted by Crippen LogP contribution is -2.29. The largest absolute Gasteiger partial charge is 0.393 e. The van der Waals surface area contributed by atoms with Crippen LogP contribution in [0.2, 0.25) is 0 Å². The van der Waals surface area contributed by atoms with Gasteiger partial charge in [0.15, 0.2) is 0 Å². The molecule has 2 atom stereocenters. The van der Waals surface area contributed by atoms with Crippen LogP contribution in [0.3, 0.4) is 0 Å². The van der Waals surface area contributed by atoms with E-state index in [-0.39, 0.29) is 6.10 Å². The molecule has 2 heteroatoms. The molecule has 14 heavy (non-hydrogen) atoms. The molecule has 1 fully saturated rings. The summed E-state index contributed by atoms with van der Waals surface area (Å²) in [7, 11) is 0. The molecule has 0 bridgehead atoms. The minimum absolute atomic E-state index is 0.131. The Morgan fingerprint density at radius 2 is 2.14 bits per heavy atom. The van der Waals surface area contributed by atoms with Crippen molar-refractivity contribution in [2.24, 2.45) is 11.8 Å². The van der Waals surface area contributed by atoms with Crippen molar-refractivity contribution >= 4 is 0 Å². The number of hydrogen-bond acceptors (Lipinski definition) is 2. The van der Waals surface area contributed by atoms with Gasteiger partial charge in [0.05, 0.1) is 12.7 Å². The molecule has 0 radical (unpaired) electrons. The van der Waals surface area contributed by atoms with E-state index >= 15 is 0 Å². The number of aliphatic hydroxyl groups is 1. The fourth-order valence-corrected chi connectivity index (χ4v) is 2.04. The monoisotopic (exact) mass is 200 g/mol. The molecule has 0 aromatic heterocycles. The van der Waals surface area contributed by atoms with Gasteiger partial charge in [0.1, 0.15) is 0 Å². The number of aliphatic hydroxyl groups excluding tert-OH is 1. The predicted molar refractivity (Wildman–Crippen MR) is 58.2 cm³/mol. The molecule has 2 unspecified atom stereocenters. The molecular weight excluding hydrogens is 176 g/mol. The predicted octanol–water partition coefficient (Wildman–Crippen LogP) is 2.60. The topological polar surface area (TPSA) is 29.5 Å². The third-order valence-electron chi connectivity index (χ3n) is 3.02. The Bertz CT molecular complexity index is 139. The summed E-state index contributed by atoms with van der Waals surface area (Å²) in [6.07, 6.45) is 5.45. The molecule has 84 valence electrons. The van der Waals surface area contributed by atoms with Crippen LogP contribution in [0.5, 0.6) is 0 Å². The lowest BCUT2D eigenvalue weighted by molar-refractivity contribution is -0.0128. The standard InChI is InChI=1S/C12H24O2/c1-10(2)5-3-7-12(13)11-6-4-8-14-9-11/h10-13H,3-9H2,1-2H3. The van der Waals surface area contributed by atoms with E-state index in [1.807, 2.05) is 0 Å². The van der Waals surface area contributed by atoms with Crippen LogP contribution in [-0.2, 0) is 4.74 Å². The second-order valence-electron chi connectivity index (χ2n) is 4.87. The first-order valence-electron chi connectivity index (χ1n) is 5.96. The van der Waals surface area contributed by atoms with Crippen LogP contribution in [0.25, 0.3) is 0 Å². The summed E-state index contributed by atoms with van der Waals surface area (Å²) < 4.78 is 5.37.